The van der Waals surface area contributed by atoms with E-state index in [1.165, 1.54) is 7.11 Å². The number of Topliss-reactive ketones (excluding diaryl/α,β-unsaturated/α-hetero) is 1. The molecule has 1 aliphatic rings. The third-order valence-electron chi connectivity index (χ3n) is 2.19. The second kappa shape index (κ2) is 3.56. The summed E-state index contributed by atoms with van der Waals surface area (Å²) >= 11 is 0. The van der Waals surface area contributed by atoms with E-state index >= 15 is 0 Å². The van der Waals surface area contributed by atoms with Crippen LogP contribution >= 0.6 is 0 Å². The van der Waals surface area contributed by atoms with Gasteiger partial charge in [0.1, 0.15) is 12.8 Å². The number of hydrogen-bond donors (Lipinski definition) is 0. The van der Waals surface area contributed by atoms with Gasteiger partial charge >= 0.3 is 0 Å². The Morgan fingerprint density at radius 3 is 2.38 bits per heavy atom. The molecule has 0 radical (unpaired) electrons. The molecule has 0 aromatic heterocycles. The van der Waals surface area contributed by atoms with Crippen molar-refractivity contribution >= 4 is 11.5 Å². The van der Waals surface area contributed by atoms with Crippen LogP contribution in [0.5, 0.6) is 0 Å². The maximum atomic E-state index is 11.5. The van der Waals surface area contributed by atoms with Crippen molar-refractivity contribution in [1.29, 1.82) is 0 Å². The molecule has 0 saturated heterocycles. The molecule has 0 unspecified atom stereocenters. The standard InChI is InChI=1S/C10H13NO2/c1-6-5-9(11-13-4)7(2)8(3)10(6)12/h5H,1-4H3/b11-9+. The van der Waals surface area contributed by atoms with E-state index in [0.29, 0.717) is 5.57 Å². The van der Waals surface area contributed by atoms with Crippen LogP contribution in [0.25, 0.3) is 0 Å². The zero-order chi connectivity index (χ0) is 10.0. The van der Waals surface area contributed by atoms with E-state index in [9.17, 15) is 4.79 Å². The van der Waals surface area contributed by atoms with Gasteiger partial charge in [-0.15, -0.1) is 0 Å². The Morgan fingerprint density at radius 1 is 1.23 bits per heavy atom. The van der Waals surface area contributed by atoms with Gasteiger partial charge in [0.05, 0.1) is 0 Å². The predicted octanol–water partition coefficient (Wildman–Crippen LogP) is 1.85. The van der Waals surface area contributed by atoms with E-state index < -0.39 is 0 Å². The number of hydrogen-bond acceptors (Lipinski definition) is 3. The fourth-order valence-corrected chi connectivity index (χ4v) is 1.23. The first-order valence-electron chi connectivity index (χ1n) is 4.10. The molecule has 0 N–H and O–H groups in total. The maximum Gasteiger partial charge on any atom is 0.184 e. The predicted molar refractivity (Wildman–Crippen MR) is 51.6 cm³/mol. The van der Waals surface area contributed by atoms with E-state index in [0.717, 1.165) is 16.9 Å². The van der Waals surface area contributed by atoms with Gasteiger partial charge in [-0.05, 0) is 38.0 Å². The molecular weight excluding hydrogens is 166 g/mol. The van der Waals surface area contributed by atoms with Crippen LogP contribution in [-0.4, -0.2) is 18.6 Å². The summed E-state index contributed by atoms with van der Waals surface area (Å²) in [7, 11) is 1.50. The summed E-state index contributed by atoms with van der Waals surface area (Å²) in [6.07, 6.45) is 1.74. The first-order valence-corrected chi connectivity index (χ1v) is 4.10. The molecule has 13 heavy (non-hydrogen) atoms. The molecule has 0 amide bonds. The Hall–Kier alpha value is -1.38. The van der Waals surface area contributed by atoms with Crippen LogP contribution in [-0.2, 0) is 9.63 Å². The lowest BCUT2D eigenvalue weighted by molar-refractivity contribution is -0.112. The van der Waals surface area contributed by atoms with Crippen molar-refractivity contribution in [3.63, 3.8) is 0 Å². The van der Waals surface area contributed by atoms with Crippen LogP contribution in [0.4, 0.5) is 0 Å². The fraction of sp³-hybridized carbons (Fsp3) is 0.400. The first kappa shape index (κ1) is 9.71. The number of rotatable bonds is 1. The summed E-state index contributed by atoms with van der Waals surface area (Å²) in [5.74, 6) is 0.0903. The molecule has 0 bridgehead atoms. The number of carbonyl (C=O) groups excluding carboxylic acids is 1. The molecular formula is C10H13NO2. The Kier molecular flexibility index (Phi) is 2.66. The number of ketones is 1. The Balaban J connectivity index is 3.17. The van der Waals surface area contributed by atoms with Gasteiger partial charge < -0.3 is 4.84 Å². The lowest BCUT2D eigenvalue weighted by Crippen LogP contribution is -2.15. The topological polar surface area (TPSA) is 38.7 Å². The van der Waals surface area contributed by atoms with Crippen LogP contribution in [0.15, 0.2) is 28.0 Å². The highest BCUT2D eigenvalue weighted by Gasteiger charge is 2.18. The highest BCUT2D eigenvalue weighted by Crippen LogP contribution is 2.18. The van der Waals surface area contributed by atoms with Gasteiger partial charge in [-0.2, -0.15) is 0 Å². The number of nitrogens with zero attached hydrogens (tertiary/aromatic N) is 1. The SMILES string of the molecule is CO/N=C1\C=C(C)C(=O)C(C)=C1C. The molecule has 3 heteroatoms. The molecule has 0 heterocycles. The van der Waals surface area contributed by atoms with E-state index in [1.807, 2.05) is 6.92 Å². The minimum atomic E-state index is 0.0903. The largest absolute Gasteiger partial charge is 0.399 e. The summed E-state index contributed by atoms with van der Waals surface area (Å²) in [4.78, 5) is 16.1. The molecule has 0 saturated carbocycles. The molecule has 1 rings (SSSR count). The van der Waals surface area contributed by atoms with Crippen molar-refractivity contribution < 1.29 is 9.63 Å². The Morgan fingerprint density at radius 2 is 1.85 bits per heavy atom. The fourth-order valence-electron chi connectivity index (χ4n) is 1.23. The molecule has 0 atom stereocenters. The zero-order valence-corrected chi connectivity index (χ0v) is 8.34. The van der Waals surface area contributed by atoms with Crippen molar-refractivity contribution in [2.24, 2.45) is 5.16 Å². The van der Waals surface area contributed by atoms with Crippen LogP contribution in [0.3, 0.4) is 0 Å². The van der Waals surface area contributed by atoms with E-state index in [-0.39, 0.29) is 5.78 Å². The summed E-state index contributed by atoms with van der Waals surface area (Å²) in [6.45, 7) is 5.46. The van der Waals surface area contributed by atoms with Gasteiger partial charge in [-0.3, -0.25) is 4.79 Å². The van der Waals surface area contributed by atoms with Crippen LogP contribution in [0.2, 0.25) is 0 Å². The quantitative estimate of drug-likeness (QED) is 0.455. The van der Waals surface area contributed by atoms with Gasteiger partial charge in [-0.25, -0.2) is 0 Å². The van der Waals surface area contributed by atoms with Crippen molar-refractivity contribution in [2.75, 3.05) is 7.11 Å². The van der Waals surface area contributed by atoms with Crippen molar-refractivity contribution in [3.8, 4) is 0 Å². The average Bonchev–Trinajstić information content (AvgIpc) is 2.11. The van der Waals surface area contributed by atoms with Crippen LogP contribution < -0.4 is 0 Å². The Labute approximate surface area is 77.8 Å². The van der Waals surface area contributed by atoms with Crippen molar-refractivity contribution in [1.82, 2.24) is 0 Å². The molecule has 1 aliphatic carbocycles. The van der Waals surface area contributed by atoms with E-state index in [2.05, 4.69) is 9.99 Å². The number of allylic oxidation sites excluding steroid dienone is 4. The maximum absolute atomic E-state index is 11.5. The average molecular weight is 179 g/mol. The van der Waals surface area contributed by atoms with Gasteiger partial charge in [-0.1, -0.05) is 5.16 Å². The summed E-state index contributed by atoms with van der Waals surface area (Å²) in [6, 6.07) is 0. The van der Waals surface area contributed by atoms with E-state index in [1.54, 1.807) is 19.9 Å². The summed E-state index contributed by atoms with van der Waals surface area (Å²) < 4.78 is 0. The lowest BCUT2D eigenvalue weighted by Gasteiger charge is -2.13. The van der Waals surface area contributed by atoms with E-state index in [4.69, 9.17) is 0 Å². The molecule has 0 spiro atoms. The normalized spacial score (nSPS) is 20.8. The second-order valence-electron chi connectivity index (χ2n) is 3.07. The van der Waals surface area contributed by atoms with Gasteiger partial charge in [0.15, 0.2) is 5.78 Å². The monoisotopic (exact) mass is 179 g/mol. The van der Waals surface area contributed by atoms with Gasteiger partial charge in [0.2, 0.25) is 0 Å². The number of carbonyl (C=O) groups is 1. The smallest absolute Gasteiger partial charge is 0.184 e. The number of oxime groups is 1. The minimum absolute atomic E-state index is 0.0903. The van der Waals surface area contributed by atoms with Crippen LogP contribution in [0, 0.1) is 0 Å². The molecule has 0 fully saturated rings. The first-order chi connectivity index (χ1) is 6.07. The second-order valence-corrected chi connectivity index (χ2v) is 3.07. The highest BCUT2D eigenvalue weighted by atomic mass is 16.6. The molecule has 3 nitrogen and oxygen atoms in total. The third-order valence-corrected chi connectivity index (χ3v) is 2.19. The van der Waals surface area contributed by atoms with Gasteiger partial charge in [0, 0.05) is 5.57 Å². The molecule has 0 aromatic carbocycles. The van der Waals surface area contributed by atoms with Gasteiger partial charge in [0.25, 0.3) is 0 Å². The summed E-state index contributed by atoms with van der Waals surface area (Å²) in [5.41, 5.74) is 3.07. The third kappa shape index (κ3) is 1.69. The van der Waals surface area contributed by atoms with Crippen LogP contribution in [0.1, 0.15) is 20.8 Å². The summed E-state index contributed by atoms with van der Waals surface area (Å²) in [5, 5.41) is 3.83. The minimum Gasteiger partial charge on any atom is -0.399 e. The molecule has 70 valence electrons. The molecule has 0 aromatic rings. The molecule has 0 aliphatic heterocycles. The highest BCUT2D eigenvalue weighted by molar-refractivity contribution is 6.23. The zero-order valence-electron chi connectivity index (χ0n) is 8.34. The van der Waals surface area contributed by atoms with Crippen molar-refractivity contribution in [3.05, 3.63) is 22.8 Å². The Bertz CT molecular complexity index is 335. The van der Waals surface area contributed by atoms with Crippen molar-refractivity contribution in [2.45, 2.75) is 20.8 Å². The lowest BCUT2D eigenvalue weighted by atomic mass is 9.92.